The van der Waals surface area contributed by atoms with Crippen LogP contribution in [0.5, 0.6) is 0 Å². The molecule has 3 aromatic rings. The van der Waals surface area contributed by atoms with Crippen LogP contribution in [0.15, 0.2) is 40.8 Å². The molecular formula is C24H16Cl3F4N3O2S. The van der Waals surface area contributed by atoms with Crippen molar-refractivity contribution in [2.45, 2.75) is 0 Å². The molecule has 1 saturated heterocycles. The first-order chi connectivity index (χ1) is 17.5. The second-order valence-electron chi connectivity index (χ2n) is 7.88. The van der Waals surface area contributed by atoms with Crippen LogP contribution in [0.4, 0.5) is 23.2 Å². The fourth-order valence-electron chi connectivity index (χ4n) is 3.68. The maximum atomic E-state index is 14.2. The van der Waals surface area contributed by atoms with E-state index in [1.54, 1.807) is 35.2 Å². The molecule has 4 rings (SSSR count). The molecule has 1 fully saturated rings. The molecular weight excluding hydrogens is 577 g/mol. The highest BCUT2D eigenvalue weighted by Gasteiger charge is 2.30. The third-order valence-corrected chi connectivity index (χ3v) is 6.60. The van der Waals surface area contributed by atoms with E-state index in [-0.39, 0.29) is 31.3 Å². The molecule has 0 saturated carbocycles. The van der Waals surface area contributed by atoms with Crippen molar-refractivity contribution in [1.29, 1.82) is 0 Å². The van der Waals surface area contributed by atoms with Gasteiger partial charge in [-0.2, -0.15) is 0 Å². The van der Waals surface area contributed by atoms with Gasteiger partial charge in [0.1, 0.15) is 22.2 Å². The lowest BCUT2D eigenvalue weighted by atomic mass is 10.2. The van der Waals surface area contributed by atoms with Gasteiger partial charge in [0, 0.05) is 47.9 Å². The number of hydrogen-bond acceptors (Lipinski definition) is 4. The topological polar surface area (TPSA) is 48.7 Å². The second-order valence-corrected chi connectivity index (χ2v) is 9.52. The van der Waals surface area contributed by atoms with Crippen molar-refractivity contribution in [3.63, 3.8) is 0 Å². The SMILES string of the molecule is O=C(/C=C/c1ccc(-c2cc(Cl)cc(Cl)c2)o1)NC(=S)N1CCN(c2c(F)c(F)c(Cl)c(F)c2F)CC1. The normalized spacial score (nSPS) is 13.9. The van der Waals surface area contributed by atoms with Gasteiger partial charge in [-0.15, -0.1) is 0 Å². The van der Waals surface area contributed by atoms with Crippen molar-refractivity contribution in [2.75, 3.05) is 31.1 Å². The van der Waals surface area contributed by atoms with Crippen LogP contribution >= 0.6 is 47.0 Å². The summed E-state index contributed by atoms with van der Waals surface area (Å²) < 4.78 is 61.8. The number of benzene rings is 2. The van der Waals surface area contributed by atoms with Crippen LogP contribution in [0.25, 0.3) is 17.4 Å². The van der Waals surface area contributed by atoms with Gasteiger partial charge >= 0.3 is 0 Å². The van der Waals surface area contributed by atoms with Gasteiger partial charge in [-0.3, -0.25) is 10.1 Å². The van der Waals surface area contributed by atoms with Crippen LogP contribution in [-0.2, 0) is 4.79 Å². The van der Waals surface area contributed by atoms with Gasteiger partial charge in [0.15, 0.2) is 28.4 Å². The average Bonchev–Trinajstić information content (AvgIpc) is 3.34. The highest BCUT2D eigenvalue weighted by atomic mass is 35.5. The molecule has 5 nitrogen and oxygen atoms in total. The summed E-state index contributed by atoms with van der Waals surface area (Å²) in [6.45, 7) is 0.250. The third-order valence-electron chi connectivity index (χ3n) is 5.47. The number of anilines is 1. The van der Waals surface area contributed by atoms with Crippen LogP contribution in [-0.4, -0.2) is 42.1 Å². The molecule has 2 aromatic carbocycles. The summed E-state index contributed by atoms with van der Waals surface area (Å²) in [5, 5.41) is 2.27. The minimum atomic E-state index is -1.66. The Hall–Kier alpha value is -2.79. The molecule has 0 aliphatic carbocycles. The average molecular weight is 593 g/mol. The summed E-state index contributed by atoms with van der Waals surface area (Å²) in [7, 11) is 0. The summed E-state index contributed by atoms with van der Waals surface area (Å²) in [4.78, 5) is 15.1. The summed E-state index contributed by atoms with van der Waals surface area (Å²) in [5.74, 6) is -6.09. The minimum absolute atomic E-state index is 0.0110. The monoisotopic (exact) mass is 591 g/mol. The molecule has 1 aliphatic rings. The number of piperazine rings is 1. The van der Waals surface area contributed by atoms with E-state index in [4.69, 9.17) is 51.4 Å². The van der Waals surface area contributed by atoms with E-state index in [1.165, 1.54) is 12.2 Å². The predicted molar refractivity (Wildman–Crippen MR) is 139 cm³/mol. The second kappa shape index (κ2) is 11.3. The molecule has 0 atom stereocenters. The maximum Gasteiger partial charge on any atom is 0.250 e. The molecule has 1 N–H and O–H groups in total. The number of carbonyl (C=O) groups excluding carboxylic acids is 1. The van der Waals surface area contributed by atoms with Crippen molar-refractivity contribution >= 4 is 69.8 Å². The Morgan fingerprint density at radius 3 is 2.11 bits per heavy atom. The van der Waals surface area contributed by atoms with Crippen molar-refractivity contribution in [2.24, 2.45) is 0 Å². The Kier molecular flexibility index (Phi) is 8.33. The Morgan fingerprint density at radius 1 is 0.919 bits per heavy atom. The first-order valence-electron chi connectivity index (χ1n) is 10.7. The summed E-state index contributed by atoms with van der Waals surface area (Å²) >= 11 is 22.6. The zero-order chi connectivity index (χ0) is 26.9. The lowest BCUT2D eigenvalue weighted by molar-refractivity contribution is -0.115. The van der Waals surface area contributed by atoms with E-state index in [9.17, 15) is 22.4 Å². The van der Waals surface area contributed by atoms with E-state index in [0.29, 0.717) is 27.1 Å². The molecule has 1 aromatic heterocycles. The van der Waals surface area contributed by atoms with Gasteiger partial charge in [0.05, 0.1) is 0 Å². The Morgan fingerprint density at radius 2 is 1.51 bits per heavy atom. The van der Waals surface area contributed by atoms with Crippen molar-refractivity contribution in [1.82, 2.24) is 10.2 Å². The minimum Gasteiger partial charge on any atom is -0.457 e. The van der Waals surface area contributed by atoms with Crippen LogP contribution < -0.4 is 10.2 Å². The number of nitrogens with one attached hydrogen (secondary N) is 1. The highest BCUT2D eigenvalue weighted by molar-refractivity contribution is 7.80. The Balaban J connectivity index is 1.33. The number of amides is 1. The van der Waals surface area contributed by atoms with Gasteiger partial charge < -0.3 is 14.2 Å². The van der Waals surface area contributed by atoms with E-state index in [1.807, 2.05) is 0 Å². The summed E-state index contributed by atoms with van der Waals surface area (Å²) in [6, 6.07) is 8.33. The first kappa shape index (κ1) is 27.3. The number of thiocarbonyl (C=S) groups is 1. The fourth-order valence-corrected chi connectivity index (χ4v) is 4.66. The molecule has 194 valence electrons. The lowest BCUT2D eigenvalue weighted by Gasteiger charge is -2.37. The zero-order valence-electron chi connectivity index (χ0n) is 18.6. The zero-order valence-corrected chi connectivity index (χ0v) is 21.7. The molecule has 37 heavy (non-hydrogen) atoms. The largest absolute Gasteiger partial charge is 0.457 e. The molecule has 2 heterocycles. The number of halogens is 7. The molecule has 0 spiro atoms. The van der Waals surface area contributed by atoms with Crippen molar-refractivity contribution < 1.29 is 26.8 Å². The van der Waals surface area contributed by atoms with Crippen LogP contribution in [0, 0.1) is 23.3 Å². The molecule has 0 unspecified atom stereocenters. The number of carbonyl (C=O) groups is 1. The quantitative estimate of drug-likeness (QED) is 0.120. The smallest absolute Gasteiger partial charge is 0.250 e. The van der Waals surface area contributed by atoms with Gasteiger partial charge in [-0.05, 0) is 48.6 Å². The van der Waals surface area contributed by atoms with Gasteiger partial charge in [-0.25, -0.2) is 17.6 Å². The van der Waals surface area contributed by atoms with Crippen molar-refractivity contribution in [3.8, 4) is 11.3 Å². The molecule has 0 radical (unpaired) electrons. The highest BCUT2D eigenvalue weighted by Crippen LogP contribution is 2.34. The van der Waals surface area contributed by atoms with E-state index >= 15 is 0 Å². The lowest BCUT2D eigenvalue weighted by Crippen LogP contribution is -2.53. The molecule has 0 bridgehead atoms. The van der Waals surface area contributed by atoms with Crippen molar-refractivity contribution in [3.05, 3.63) is 80.5 Å². The van der Waals surface area contributed by atoms with Crippen LogP contribution in [0.3, 0.4) is 0 Å². The number of furan rings is 1. The molecule has 1 amide bonds. The Labute approximate surface area is 229 Å². The van der Waals surface area contributed by atoms with E-state index < -0.39 is 39.9 Å². The maximum absolute atomic E-state index is 14.2. The molecule has 13 heteroatoms. The van der Waals surface area contributed by atoms with Gasteiger partial charge in [0.2, 0.25) is 5.91 Å². The summed E-state index contributed by atoms with van der Waals surface area (Å²) in [5.41, 5.74) is -0.166. The Bertz CT molecular complexity index is 1360. The number of rotatable bonds is 4. The first-order valence-corrected chi connectivity index (χ1v) is 12.2. The molecule has 1 aliphatic heterocycles. The van der Waals surface area contributed by atoms with Crippen LogP contribution in [0.2, 0.25) is 15.1 Å². The summed E-state index contributed by atoms with van der Waals surface area (Å²) in [6.07, 6.45) is 2.67. The number of hydrogen-bond donors (Lipinski definition) is 1. The van der Waals surface area contributed by atoms with Crippen LogP contribution in [0.1, 0.15) is 5.76 Å². The third kappa shape index (κ3) is 6.04. The predicted octanol–water partition coefficient (Wildman–Crippen LogP) is 6.70. The van der Waals surface area contributed by atoms with Gasteiger partial charge in [0.25, 0.3) is 0 Å². The fraction of sp³-hybridized carbons (Fsp3) is 0.167. The number of nitrogens with zero attached hydrogens (tertiary/aromatic N) is 2. The van der Waals surface area contributed by atoms with E-state index in [2.05, 4.69) is 5.32 Å². The standard InChI is InChI=1S/C24H16Cl3F4N3O2S/c25-13-9-12(10-14(26)11-13)16-3-1-15(36-16)2-4-17(35)32-24(37)34-7-5-33(6-8-34)23-21(30)19(28)18(27)20(29)22(23)31/h1-4,9-11H,5-8H2,(H,32,35,37)/b4-2+. The van der Waals surface area contributed by atoms with Gasteiger partial charge in [-0.1, -0.05) is 34.8 Å². The van der Waals surface area contributed by atoms with E-state index in [0.717, 1.165) is 4.90 Å².